The summed E-state index contributed by atoms with van der Waals surface area (Å²) in [5, 5.41) is 12.2. The van der Waals surface area contributed by atoms with E-state index in [0.717, 1.165) is 18.2 Å². The molecule has 0 radical (unpaired) electrons. The molecule has 0 fully saturated rings. The average Bonchev–Trinajstić information content (AvgIpc) is 2.33. The second kappa shape index (κ2) is 4.79. The van der Waals surface area contributed by atoms with Crippen LogP contribution < -0.4 is 0 Å². The summed E-state index contributed by atoms with van der Waals surface area (Å²) in [5.41, 5.74) is 2.72. The van der Waals surface area contributed by atoms with Crippen LogP contribution in [0.4, 0.5) is 0 Å². The van der Waals surface area contributed by atoms with Crippen molar-refractivity contribution in [3.05, 3.63) is 41.5 Å². The monoisotopic (exact) mass is 263 g/mol. The third-order valence-corrected chi connectivity index (χ3v) is 3.83. The SMILES string of the molecule is CN(C)C1Cc2cccc3c(O)ccc(c23)C1.Cl. The number of halogens is 1. The van der Waals surface area contributed by atoms with Gasteiger partial charge in [-0.1, -0.05) is 24.3 Å². The van der Waals surface area contributed by atoms with Gasteiger partial charge in [-0.2, -0.15) is 0 Å². The fourth-order valence-corrected chi connectivity index (χ4v) is 2.83. The zero-order valence-corrected chi connectivity index (χ0v) is 11.5. The number of phenols is 1. The van der Waals surface area contributed by atoms with Crippen LogP contribution in [0.25, 0.3) is 10.8 Å². The Hall–Kier alpha value is -1.25. The predicted molar refractivity (Wildman–Crippen MR) is 77.7 cm³/mol. The van der Waals surface area contributed by atoms with Crippen LogP contribution in [0.15, 0.2) is 30.3 Å². The summed E-state index contributed by atoms with van der Waals surface area (Å²) >= 11 is 0. The normalized spacial score (nSPS) is 17.8. The standard InChI is InChI=1S/C15H17NO.ClH/c1-16(2)12-8-10-4-3-5-13-14(17)7-6-11(9-12)15(10)13;/h3-7,12,17H,8-9H2,1-2H3;1H. The number of benzene rings is 2. The van der Waals surface area contributed by atoms with Gasteiger partial charge in [0.25, 0.3) is 0 Å². The van der Waals surface area contributed by atoms with Gasteiger partial charge in [-0.25, -0.2) is 0 Å². The van der Waals surface area contributed by atoms with Gasteiger partial charge < -0.3 is 10.0 Å². The highest BCUT2D eigenvalue weighted by Crippen LogP contribution is 2.35. The van der Waals surface area contributed by atoms with Crippen molar-refractivity contribution in [3.63, 3.8) is 0 Å². The summed E-state index contributed by atoms with van der Waals surface area (Å²) in [4.78, 5) is 2.29. The molecular weight excluding hydrogens is 246 g/mol. The molecule has 0 heterocycles. The number of nitrogens with zero attached hydrogens (tertiary/aromatic N) is 1. The highest BCUT2D eigenvalue weighted by Gasteiger charge is 2.22. The van der Waals surface area contributed by atoms with E-state index in [4.69, 9.17) is 0 Å². The van der Waals surface area contributed by atoms with Gasteiger partial charge in [0.15, 0.2) is 0 Å². The molecule has 0 amide bonds. The fraction of sp³-hybridized carbons (Fsp3) is 0.333. The molecule has 1 aliphatic carbocycles. The Morgan fingerprint density at radius 3 is 2.39 bits per heavy atom. The van der Waals surface area contributed by atoms with E-state index in [-0.39, 0.29) is 12.4 Å². The highest BCUT2D eigenvalue weighted by atomic mass is 35.5. The molecule has 1 aliphatic rings. The van der Waals surface area contributed by atoms with Gasteiger partial charge in [0.1, 0.15) is 5.75 Å². The van der Waals surface area contributed by atoms with E-state index < -0.39 is 0 Å². The first-order chi connectivity index (χ1) is 8.16. The summed E-state index contributed by atoms with van der Waals surface area (Å²) < 4.78 is 0. The maximum atomic E-state index is 9.90. The zero-order chi connectivity index (χ0) is 12.0. The van der Waals surface area contributed by atoms with Crippen molar-refractivity contribution < 1.29 is 5.11 Å². The topological polar surface area (TPSA) is 23.5 Å². The molecule has 3 heteroatoms. The van der Waals surface area contributed by atoms with Crippen LogP contribution >= 0.6 is 12.4 Å². The van der Waals surface area contributed by atoms with Gasteiger partial charge >= 0.3 is 0 Å². The Labute approximate surface area is 114 Å². The van der Waals surface area contributed by atoms with Crippen molar-refractivity contribution in [2.24, 2.45) is 0 Å². The largest absolute Gasteiger partial charge is 0.507 e. The Morgan fingerprint density at radius 2 is 1.72 bits per heavy atom. The highest BCUT2D eigenvalue weighted by molar-refractivity contribution is 5.94. The molecule has 3 rings (SSSR count). The third-order valence-electron chi connectivity index (χ3n) is 3.83. The number of phenolic OH excluding ortho intramolecular Hbond substituents is 1. The van der Waals surface area contributed by atoms with Crippen molar-refractivity contribution >= 4 is 23.2 Å². The summed E-state index contributed by atoms with van der Waals surface area (Å²) in [6, 6.07) is 10.7. The van der Waals surface area contributed by atoms with Crippen molar-refractivity contribution in [3.8, 4) is 5.75 Å². The van der Waals surface area contributed by atoms with Crippen LogP contribution in [0.1, 0.15) is 11.1 Å². The van der Waals surface area contributed by atoms with Gasteiger partial charge in [-0.05, 0) is 49.5 Å². The average molecular weight is 264 g/mol. The van der Waals surface area contributed by atoms with Crippen LogP contribution in [0, 0.1) is 0 Å². The van der Waals surface area contributed by atoms with Crippen LogP contribution in [-0.2, 0) is 12.8 Å². The maximum absolute atomic E-state index is 9.90. The predicted octanol–water partition coefficient (Wildman–Crippen LogP) is 3.00. The molecule has 1 unspecified atom stereocenters. The second-order valence-corrected chi connectivity index (χ2v) is 5.11. The van der Waals surface area contributed by atoms with Gasteiger partial charge in [0, 0.05) is 11.4 Å². The molecule has 0 saturated heterocycles. The molecule has 18 heavy (non-hydrogen) atoms. The van der Waals surface area contributed by atoms with Crippen molar-refractivity contribution in [1.29, 1.82) is 0 Å². The van der Waals surface area contributed by atoms with E-state index in [2.05, 4.69) is 31.1 Å². The van der Waals surface area contributed by atoms with Gasteiger partial charge in [-0.15, -0.1) is 12.4 Å². The lowest BCUT2D eigenvalue weighted by Crippen LogP contribution is -2.34. The number of aromatic hydroxyl groups is 1. The molecule has 2 aromatic carbocycles. The maximum Gasteiger partial charge on any atom is 0.123 e. The zero-order valence-electron chi connectivity index (χ0n) is 10.7. The first kappa shape index (κ1) is 13.2. The second-order valence-electron chi connectivity index (χ2n) is 5.11. The minimum absolute atomic E-state index is 0. The number of hydrogen-bond acceptors (Lipinski definition) is 2. The van der Waals surface area contributed by atoms with Gasteiger partial charge in [0.2, 0.25) is 0 Å². The van der Waals surface area contributed by atoms with Crippen LogP contribution in [0.3, 0.4) is 0 Å². The summed E-state index contributed by atoms with van der Waals surface area (Å²) in [6.07, 6.45) is 2.14. The molecule has 1 atom stereocenters. The fourth-order valence-electron chi connectivity index (χ4n) is 2.83. The molecule has 0 bridgehead atoms. The first-order valence-corrected chi connectivity index (χ1v) is 6.05. The Kier molecular flexibility index (Phi) is 3.51. The van der Waals surface area contributed by atoms with Crippen LogP contribution in [-0.4, -0.2) is 30.1 Å². The van der Waals surface area contributed by atoms with Gasteiger partial charge in [0.05, 0.1) is 0 Å². The lowest BCUT2D eigenvalue weighted by Gasteiger charge is -2.30. The van der Waals surface area contributed by atoms with Crippen molar-refractivity contribution in [2.45, 2.75) is 18.9 Å². The van der Waals surface area contributed by atoms with Crippen molar-refractivity contribution in [1.82, 2.24) is 4.90 Å². The molecule has 2 aromatic rings. The Morgan fingerprint density at radius 1 is 1.06 bits per heavy atom. The molecule has 0 aromatic heterocycles. The number of likely N-dealkylation sites (N-methyl/N-ethyl adjacent to an activating group) is 1. The molecule has 2 nitrogen and oxygen atoms in total. The van der Waals surface area contributed by atoms with E-state index in [1.165, 1.54) is 16.5 Å². The van der Waals surface area contributed by atoms with Crippen molar-refractivity contribution in [2.75, 3.05) is 14.1 Å². The lowest BCUT2D eigenvalue weighted by atomic mass is 9.85. The minimum atomic E-state index is 0. The third kappa shape index (κ3) is 1.96. The van der Waals surface area contributed by atoms with E-state index in [9.17, 15) is 5.11 Å². The Bertz CT molecular complexity index is 568. The van der Waals surface area contributed by atoms with Crippen LogP contribution in [0.5, 0.6) is 5.75 Å². The molecular formula is C15H18ClNO. The first-order valence-electron chi connectivity index (χ1n) is 6.05. The number of hydrogen-bond donors (Lipinski definition) is 1. The quantitative estimate of drug-likeness (QED) is 0.855. The minimum Gasteiger partial charge on any atom is -0.507 e. The summed E-state index contributed by atoms with van der Waals surface area (Å²) in [5.74, 6) is 0.397. The van der Waals surface area contributed by atoms with Gasteiger partial charge in [-0.3, -0.25) is 0 Å². The molecule has 0 spiro atoms. The van der Waals surface area contributed by atoms with Crippen LogP contribution in [0.2, 0.25) is 0 Å². The van der Waals surface area contributed by atoms with E-state index in [1.54, 1.807) is 0 Å². The summed E-state index contributed by atoms with van der Waals surface area (Å²) in [6.45, 7) is 0. The smallest absolute Gasteiger partial charge is 0.123 e. The van der Waals surface area contributed by atoms with E-state index in [1.807, 2.05) is 18.2 Å². The lowest BCUT2D eigenvalue weighted by molar-refractivity contribution is 0.287. The molecule has 1 N–H and O–H groups in total. The Balaban J connectivity index is 0.00000120. The molecule has 0 aliphatic heterocycles. The molecule has 96 valence electrons. The number of rotatable bonds is 1. The van der Waals surface area contributed by atoms with E-state index >= 15 is 0 Å². The van der Waals surface area contributed by atoms with E-state index in [0.29, 0.717) is 11.8 Å². The summed E-state index contributed by atoms with van der Waals surface area (Å²) in [7, 11) is 4.27. The molecule has 0 saturated carbocycles.